The largest absolute Gasteiger partial charge is 0.457 e. The van der Waals surface area contributed by atoms with Crippen LogP contribution in [0, 0.1) is 37.0 Å². The lowest BCUT2D eigenvalue weighted by Gasteiger charge is -2.38. The van der Waals surface area contributed by atoms with Crippen LogP contribution in [0.25, 0.3) is 0 Å². The Labute approximate surface area is 217 Å². The standard InChI is InChI=1S/C26H26N2O10/c1-25(2)20(23(31)37-14-21(29)16-4-8-18(9-5-16)27(33)34)12-13-26(25,3)24(32)38-15-22(30)17-6-10-19(11-7-17)28(35)36/h4-11,20H,12-15H2,1-3H3/t20-,26+/m1/s1. The molecule has 0 aromatic heterocycles. The first-order valence-electron chi connectivity index (χ1n) is 11.7. The van der Waals surface area contributed by atoms with Gasteiger partial charge in [0.2, 0.25) is 0 Å². The molecule has 0 unspecified atom stereocenters. The quantitative estimate of drug-likeness (QED) is 0.190. The van der Waals surface area contributed by atoms with Crippen molar-refractivity contribution in [3.05, 3.63) is 79.9 Å². The average Bonchev–Trinajstić information content (AvgIpc) is 3.14. The lowest BCUT2D eigenvalue weighted by Crippen LogP contribution is -2.44. The molecule has 0 radical (unpaired) electrons. The summed E-state index contributed by atoms with van der Waals surface area (Å²) in [6.45, 7) is 3.93. The lowest BCUT2D eigenvalue weighted by atomic mass is 9.65. The first-order chi connectivity index (χ1) is 17.8. The highest BCUT2D eigenvalue weighted by Gasteiger charge is 2.59. The number of carbonyl (C=O) groups is 4. The maximum atomic E-state index is 13.0. The Bertz CT molecular complexity index is 1280. The molecular formula is C26H26N2O10. The van der Waals surface area contributed by atoms with Crippen LogP contribution in [0.2, 0.25) is 0 Å². The predicted molar refractivity (Wildman–Crippen MR) is 131 cm³/mol. The lowest BCUT2D eigenvalue weighted by molar-refractivity contribution is -0.385. The Morgan fingerprint density at radius 3 is 1.63 bits per heavy atom. The Morgan fingerprint density at radius 1 is 0.789 bits per heavy atom. The second-order valence-corrected chi connectivity index (χ2v) is 9.78. The van der Waals surface area contributed by atoms with E-state index < -0.39 is 63.3 Å². The van der Waals surface area contributed by atoms with Crippen LogP contribution in [0.1, 0.15) is 54.3 Å². The van der Waals surface area contributed by atoms with Crippen LogP contribution in [-0.4, -0.2) is 46.6 Å². The molecule has 1 saturated carbocycles. The number of hydrogen-bond donors (Lipinski definition) is 0. The van der Waals surface area contributed by atoms with Gasteiger partial charge >= 0.3 is 11.9 Å². The van der Waals surface area contributed by atoms with Gasteiger partial charge in [-0.2, -0.15) is 0 Å². The van der Waals surface area contributed by atoms with Crippen molar-refractivity contribution in [3.63, 3.8) is 0 Å². The van der Waals surface area contributed by atoms with Crippen molar-refractivity contribution >= 4 is 34.9 Å². The molecule has 3 rings (SSSR count). The summed E-state index contributed by atoms with van der Waals surface area (Å²) in [6, 6.07) is 9.83. The molecule has 12 nitrogen and oxygen atoms in total. The van der Waals surface area contributed by atoms with Gasteiger partial charge in [0, 0.05) is 35.4 Å². The minimum atomic E-state index is -1.13. The third kappa shape index (κ3) is 5.58. The van der Waals surface area contributed by atoms with E-state index in [1.807, 2.05) is 0 Å². The summed E-state index contributed by atoms with van der Waals surface area (Å²) in [4.78, 5) is 71.0. The van der Waals surface area contributed by atoms with Crippen molar-refractivity contribution in [2.75, 3.05) is 13.2 Å². The Kier molecular flexibility index (Phi) is 8.04. The molecule has 1 fully saturated rings. The molecule has 0 N–H and O–H groups in total. The molecule has 200 valence electrons. The van der Waals surface area contributed by atoms with E-state index >= 15 is 0 Å². The fourth-order valence-corrected chi connectivity index (χ4v) is 4.51. The first-order valence-corrected chi connectivity index (χ1v) is 11.7. The van der Waals surface area contributed by atoms with Crippen LogP contribution in [0.15, 0.2) is 48.5 Å². The highest BCUT2D eigenvalue weighted by atomic mass is 16.6. The van der Waals surface area contributed by atoms with Crippen LogP contribution in [0.3, 0.4) is 0 Å². The molecule has 2 atom stereocenters. The van der Waals surface area contributed by atoms with Crippen molar-refractivity contribution < 1.29 is 38.5 Å². The van der Waals surface area contributed by atoms with Gasteiger partial charge in [-0.25, -0.2) is 0 Å². The van der Waals surface area contributed by atoms with E-state index in [0.29, 0.717) is 6.42 Å². The number of non-ortho nitro benzene ring substituents is 2. The molecule has 0 aliphatic heterocycles. The molecular weight excluding hydrogens is 500 g/mol. The number of ketones is 2. The summed E-state index contributed by atoms with van der Waals surface area (Å²) in [6.07, 6.45) is 0.570. The average molecular weight is 526 g/mol. The summed E-state index contributed by atoms with van der Waals surface area (Å²) in [7, 11) is 0. The maximum Gasteiger partial charge on any atom is 0.312 e. The Morgan fingerprint density at radius 2 is 1.21 bits per heavy atom. The first kappa shape index (κ1) is 28.1. The summed E-state index contributed by atoms with van der Waals surface area (Å²) < 4.78 is 10.5. The van der Waals surface area contributed by atoms with Gasteiger partial charge in [0.25, 0.3) is 11.4 Å². The molecule has 1 aliphatic carbocycles. The molecule has 0 amide bonds. The number of Topliss-reactive ketones (excluding diaryl/α,β-unsaturated/α-hetero) is 2. The van der Waals surface area contributed by atoms with Gasteiger partial charge in [0.1, 0.15) is 0 Å². The third-order valence-electron chi connectivity index (χ3n) is 7.44. The molecule has 0 heterocycles. The van der Waals surface area contributed by atoms with E-state index in [-0.39, 0.29) is 28.9 Å². The zero-order chi connectivity index (χ0) is 28.3. The normalized spacial score (nSPS) is 19.8. The molecule has 0 saturated heterocycles. The minimum absolute atomic E-state index is 0.151. The third-order valence-corrected chi connectivity index (χ3v) is 7.44. The van der Waals surface area contributed by atoms with E-state index in [2.05, 4.69) is 0 Å². The molecule has 2 aromatic carbocycles. The number of esters is 2. The molecule has 38 heavy (non-hydrogen) atoms. The Hall–Kier alpha value is -4.48. The zero-order valence-corrected chi connectivity index (χ0v) is 21.0. The number of nitro benzene ring substituents is 2. The Balaban J connectivity index is 1.58. The zero-order valence-electron chi connectivity index (χ0n) is 21.0. The summed E-state index contributed by atoms with van der Waals surface area (Å²) >= 11 is 0. The van der Waals surface area contributed by atoms with Crippen molar-refractivity contribution in [1.82, 2.24) is 0 Å². The number of benzene rings is 2. The van der Waals surface area contributed by atoms with Gasteiger partial charge in [0.15, 0.2) is 24.8 Å². The summed E-state index contributed by atoms with van der Waals surface area (Å²) in [5.74, 6) is -3.13. The number of rotatable bonds is 10. The van der Waals surface area contributed by atoms with Crippen LogP contribution >= 0.6 is 0 Å². The molecule has 0 spiro atoms. The van der Waals surface area contributed by atoms with Crippen LogP contribution in [-0.2, 0) is 19.1 Å². The maximum absolute atomic E-state index is 13.0. The van der Waals surface area contributed by atoms with E-state index in [4.69, 9.17) is 9.47 Å². The highest BCUT2D eigenvalue weighted by Crippen LogP contribution is 2.56. The van der Waals surface area contributed by atoms with E-state index in [9.17, 15) is 39.4 Å². The van der Waals surface area contributed by atoms with Crippen LogP contribution < -0.4 is 0 Å². The summed E-state index contributed by atoms with van der Waals surface area (Å²) in [5, 5.41) is 21.5. The number of nitrogens with zero attached hydrogens (tertiary/aromatic N) is 2. The fourth-order valence-electron chi connectivity index (χ4n) is 4.51. The second-order valence-electron chi connectivity index (χ2n) is 9.78. The summed E-state index contributed by atoms with van der Waals surface area (Å²) in [5.41, 5.74) is -2.11. The smallest absolute Gasteiger partial charge is 0.312 e. The number of carbonyl (C=O) groups excluding carboxylic acids is 4. The molecule has 12 heteroatoms. The number of ether oxygens (including phenoxy) is 2. The van der Waals surface area contributed by atoms with Crippen molar-refractivity contribution in [2.24, 2.45) is 16.7 Å². The SMILES string of the molecule is CC1(C)[C@@H](C(=O)OCC(=O)c2ccc([N+](=O)[O-])cc2)CC[C@@]1(C)C(=O)OCC(=O)c1ccc([N+](=O)[O-])cc1. The fraction of sp³-hybridized carbons (Fsp3) is 0.385. The highest BCUT2D eigenvalue weighted by molar-refractivity contribution is 5.99. The van der Waals surface area contributed by atoms with E-state index in [1.54, 1.807) is 20.8 Å². The van der Waals surface area contributed by atoms with E-state index in [0.717, 1.165) is 0 Å². The number of nitro groups is 2. The topological polar surface area (TPSA) is 173 Å². The van der Waals surface area contributed by atoms with Crippen molar-refractivity contribution in [1.29, 1.82) is 0 Å². The second kappa shape index (κ2) is 10.9. The van der Waals surface area contributed by atoms with Gasteiger partial charge in [-0.05, 0) is 49.4 Å². The minimum Gasteiger partial charge on any atom is -0.457 e. The van der Waals surface area contributed by atoms with Crippen molar-refractivity contribution in [2.45, 2.75) is 33.6 Å². The van der Waals surface area contributed by atoms with Crippen molar-refractivity contribution in [3.8, 4) is 0 Å². The van der Waals surface area contributed by atoms with Gasteiger partial charge in [0.05, 0.1) is 21.2 Å². The molecule has 2 aromatic rings. The molecule has 0 bridgehead atoms. The van der Waals surface area contributed by atoms with Gasteiger partial charge < -0.3 is 9.47 Å². The molecule has 1 aliphatic rings. The number of hydrogen-bond acceptors (Lipinski definition) is 10. The monoisotopic (exact) mass is 526 g/mol. The van der Waals surface area contributed by atoms with Gasteiger partial charge in [-0.1, -0.05) is 13.8 Å². The van der Waals surface area contributed by atoms with Crippen LogP contribution in [0.5, 0.6) is 0 Å². The predicted octanol–water partition coefficient (Wildman–Crippen LogP) is 4.10. The van der Waals surface area contributed by atoms with Gasteiger partial charge in [-0.15, -0.1) is 0 Å². The van der Waals surface area contributed by atoms with Gasteiger partial charge in [-0.3, -0.25) is 39.4 Å². The van der Waals surface area contributed by atoms with E-state index in [1.165, 1.54) is 48.5 Å². The van der Waals surface area contributed by atoms with Crippen LogP contribution in [0.4, 0.5) is 11.4 Å².